The molecule has 0 aliphatic heterocycles. The highest BCUT2D eigenvalue weighted by Crippen LogP contribution is 2.23. The third-order valence-corrected chi connectivity index (χ3v) is 5.65. The summed E-state index contributed by atoms with van der Waals surface area (Å²) in [5.74, 6) is 0.644. The Morgan fingerprint density at radius 2 is 1.59 bits per heavy atom. The highest BCUT2D eigenvalue weighted by molar-refractivity contribution is 6.42. The topological polar surface area (TPSA) is 76.9 Å². The van der Waals surface area contributed by atoms with E-state index in [4.69, 9.17) is 23.2 Å². The minimum Gasteiger partial charge on any atom is -0.345 e. The first kappa shape index (κ1) is 21.7. The first-order valence-electron chi connectivity index (χ1n) is 9.79. The number of ketones is 1. The largest absolute Gasteiger partial charge is 0.345 e. The second-order valence-electron chi connectivity index (χ2n) is 7.02. The summed E-state index contributed by atoms with van der Waals surface area (Å²) >= 11 is 11.9. The maximum absolute atomic E-state index is 13.1. The van der Waals surface area contributed by atoms with Crippen molar-refractivity contribution in [1.29, 1.82) is 0 Å². The molecule has 6 nitrogen and oxygen atoms in total. The molecule has 0 saturated carbocycles. The van der Waals surface area contributed by atoms with Crippen molar-refractivity contribution in [3.8, 4) is 5.69 Å². The lowest BCUT2D eigenvalue weighted by Crippen LogP contribution is -2.25. The van der Waals surface area contributed by atoms with Crippen molar-refractivity contribution >= 4 is 34.9 Å². The number of aryl methyl sites for hydroxylation is 1. The first-order valence-corrected chi connectivity index (χ1v) is 10.5. The number of amides is 1. The van der Waals surface area contributed by atoms with Gasteiger partial charge in [0.25, 0.3) is 5.91 Å². The second kappa shape index (κ2) is 9.34. The zero-order valence-electron chi connectivity index (χ0n) is 17.0. The van der Waals surface area contributed by atoms with Crippen molar-refractivity contribution < 1.29 is 9.59 Å². The standard InChI is InChI=1S/C24H18Cl2N4O2/c1-15-28-29-22(14-27-24(32)17-11-12-19(25)20(26)13-17)30(15)21-10-6-5-9-18(21)23(31)16-7-3-2-4-8-16/h2-13H,14H2,1H3,(H,27,32). The molecule has 0 spiro atoms. The molecular formula is C24H18Cl2N4O2. The summed E-state index contributed by atoms with van der Waals surface area (Å²) in [6.07, 6.45) is 0. The molecule has 0 unspecified atom stereocenters. The quantitative estimate of drug-likeness (QED) is 0.405. The van der Waals surface area contributed by atoms with Gasteiger partial charge in [0.2, 0.25) is 0 Å². The Morgan fingerprint density at radius 3 is 2.34 bits per heavy atom. The van der Waals surface area contributed by atoms with Crippen molar-refractivity contribution in [3.05, 3.63) is 111 Å². The Bertz CT molecular complexity index is 1300. The van der Waals surface area contributed by atoms with E-state index in [1.165, 1.54) is 6.07 Å². The Balaban J connectivity index is 1.63. The van der Waals surface area contributed by atoms with Crippen LogP contribution < -0.4 is 5.32 Å². The Hall–Kier alpha value is -3.48. The number of carbonyl (C=O) groups excluding carboxylic acids is 2. The summed E-state index contributed by atoms with van der Waals surface area (Å²) in [6, 6.07) is 21.0. The average Bonchev–Trinajstić information content (AvgIpc) is 3.19. The predicted molar refractivity (Wildman–Crippen MR) is 124 cm³/mol. The van der Waals surface area contributed by atoms with Crippen molar-refractivity contribution in [3.63, 3.8) is 0 Å². The molecule has 1 amide bonds. The lowest BCUT2D eigenvalue weighted by molar-refractivity contribution is 0.0948. The normalized spacial score (nSPS) is 10.7. The number of nitrogens with zero attached hydrogens (tertiary/aromatic N) is 3. The first-order chi connectivity index (χ1) is 15.5. The van der Waals surface area contributed by atoms with Gasteiger partial charge in [-0.05, 0) is 37.3 Å². The fourth-order valence-corrected chi connectivity index (χ4v) is 3.64. The third kappa shape index (κ3) is 4.42. The van der Waals surface area contributed by atoms with Crippen molar-refractivity contribution in [1.82, 2.24) is 20.1 Å². The van der Waals surface area contributed by atoms with Gasteiger partial charge in [-0.2, -0.15) is 0 Å². The Labute approximate surface area is 194 Å². The van der Waals surface area contributed by atoms with E-state index in [-0.39, 0.29) is 18.2 Å². The number of halogens is 2. The molecule has 8 heteroatoms. The number of hydrogen-bond donors (Lipinski definition) is 1. The molecule has 0 atom stereocenters. The number of hydrogen-bond acceptors (Lipinski definition) is 4. The van der Waals surface area contributed by atoms with Gasteiger partial charge in [0.05, 0.1) is 22.3 Å². The molecule has 4 aromatic rings. The molecule has 32 heavy (non-hydrogen) atoms. The summed E-state index contributed by atoms with van der Waals surface area (Å²) in [7, 11) is 0. The molecule has 0 radical (unpaired) electrons. The van der Waals surface area contributed by atoms with Gasteiger partial charge in [0, 0.05) is 16.7 Å². The maximum atomic E-state index is 13.1. The zero-order chi connectivity index (χ0) is 22.7. The lowest BCUT2D eigenvalue weighted by atomic mass is 10.0. The summed E-state index contributed by atoms with van der Waals surface area (Å²) in [5, 5.41) is 11.8. The van der Waals surface area contributed by atoms with E-state index in [9.17, 15) is 9.59 Å². The van der Waals surface area contributed by atoms with Gasteiger partial charge in [-0.1, -0.05) is 65.7 Å². The van der Waals surface area contributed by atoms with Gasteiger partial charge in [-0.3, -0.25) is 14.2 Å². The van der Waals surface area contributed by atoms with Gasteiger partial charge < -0.3 is 5.32 Å². The third-order valence-electron chi connectivity index (χ3n) is 4.91. The van der Waals surface area contributed by atoms with E-state index in [1.54, 1.807) is 41.8 Å². The SMILES string of the molecule is Cc1nnc(CNC(=O)c2ccc(Cl)c(Cl)c2)n1-c1ccccc1C(=O)c1ccccc1. The van der Waals surface area contributed by atoms with Gasteiger partial charge >= 0.3 is 0 Å². The molecule has 0 fully saturated rings. The summed E-state index contributed by atoms with van der Waals surface area (Å²) in [4.78, 5) is 25.7. The average molecular weight is 465 g/mol. The number of para-hydroxylation sites is 1. The van der Waals surface area contributed by atoms with Crippen molar-refractivity contribution in [2.75, 3.05) is 0 Å². The number of carbonyl (C=O) groups is 2. The summed E-state index contributed by atoms with van der Waals surface area (Å²) < 4.78 is 1.77. The minimum absolute atomic E-state index is 0.105. The van der Waals surface area contributed by atoms with Crippen LogP contribution in [-0.4, -0.2) is 26.5 Å². The van der Waals surface area contributed by atoms with E-state index in [0.717, 1.165) is 0 Å². The monoisotopic (exact) mass is 464 g/mol. The Morgan fingerprint density at radius 1 is 0.875 bits per heavy atom. The molecule has 0 aliphatic rings. The molecule has 0 bridgehead atoms. The van der Waals surface area contributed by atoms with Crippen LogP contribution in [0.3, 0.4) is 0 Å². The fourth-order valence-electron chi connectivity index (χ4n) is 3.34. The van der Waals surface area contributed by atoms with Crippen LogP contribution in [0, 0.1) is 6.92 Å². The van der Waals surface area contributed by atoms with Gasteiger partial charge in [-0.15, -0.1) is 10.2 Å². The summed E-state index contributed by atoms with van der Waals surface area (Å²) in [6.45, 7) is 1.90. The van der Waals surface area contributed by atoms with Crippen LogP contribution in [-0.2, 0) is 6.54 Å². The van der Waals surface area contributed by atoms with Crippen LogP contribution in [0.4, 0.5) is 0 Å². The molecule has 1 N–H and O–H groups in total. The van der Waals surface area contributed by atoms with Gasteiger partial charge in [-0.25, -0.2) is 0 Å². The molecule has 4 rings (SSSR count). The smallest absolute Gasteiger partial charge is 0.251 e. The Kier molecular flexibility index (Phi) is 6.35. The molecular weight excluding hydrogens is 447 g/mol. The summed E-state index contributed by atoms with van der Waals surface area (Å²) in [5.41, 5.74) is 2.11. The number of nitrogens with one attached hydrogen (secondary N) is 1. The van der Waals surface area contributed by atoms with Crippen LogP contribution in [0.2, 0.25) is 10.0 Å². The highest BCUT2D eigenvalue weighted by Gasteiger charge is 2.19. The number of aromatic nitrogens is 3. The number of rotatable bonds is 6. The molecule has 1 aromatic heterocycles. The molecule has 160 valence electrons. The molecule has 0 aliphatic carbocycles. The fraction of sp³-hybridized carbons (Fsp3) is 0.0833. The van der Waals surface area contributed by atoms with Crippen LogP contribution in [0.15, 0.2) is 72.8 Å². The van der Waals surface area contributed by atoms with Crippen molar-refractivity contribution in [2.45, 2.75) is 13.5 Å². The van der Waals surface area contributed by atoms with Crippen LogP contribution >= 0.6 is 23.2 Å². The number of benzene rings is 3. The van der Waals surface area contributed by atoms with Crippen LogP contribution in [0.5, 0.6) is 0 Å². The molecule has 1 heterocycles. The van der Waals surface area contributed by atoms with E-state index in [0.29, 0.717) is 44.1 Å². The molecule has 3 aromatic carbocycles. The minimum atomic E-state index is -0.329. The zero-order valence-corrected chi connectivity index (χ0v) is 18.6. The lowest BCUT2D eigenvalue weighted by Gasteiger charge is -2.14. The van der Waals surface area contributed by atoms with E-state index in [1.807, 2.05) is 36.4 Å². The van der Waals surface area contributed by atoms with E-state index >= 15 is 0 Å². The second-order valence-corrected chi connectivity index (χ2v) is 7.84. The van der Waals surface area contributed by atoms with Crippen LogP contribution in [0.1, 0.15) is 37.9 Å². The maximum Gasteiger partial charge on any atom is 0.251 e. The van der Waals surface area contributed by atoms with E-state index in [2.05, 4.69) is 15.5 Å². The molecule has 0 saturated heterocycles. The van der Waals surface area contributed by atoms with E-state index < -0.39 is 0 Å². The van der Waals surface area contributed by atoms with Gasteiger partial charge in [0.15, 0.2) is 11.6 Å². The highest BCUT2D eigenvalue weighted by atomic mass is 35.5. The predicted octanol–water partition coefficient (Wildman–Crippen LogP) is 5.04. The van der Waals surface area contributed by atoms with Crippen molar-refractivity contribution in [2.24, 2.45) is 0 Å². The van der Waals surface area contributed by atoms with Crippen LogP contribution in [0.25, 0.3) is 5.69 Å². The van der Waals surface area contributed by atoms with Gasteiger partial charge in [0.1, 0.15) is 5.82 Å².